The Hall–Kier alpha value is -0.670. The van der Waals surface area contributed by atoms with Crippen LogP contribution in [0.5, 0.6) is 0 Å². The zero-order valence-corrected chi connectivity index (χ0v) is 9.22. The number of pyridine rings is 2. The van der Waals surface area contributed by atoms with Crippen LogP contribution in [0.2, 0.25) is 5.15 Å². The fraction of sp³-hybridized carbons (Fsp3) is 0.111. The van der Waals surface area contributed by atoms with Crippen LogP contribution in [0.15, 0.2) is 22.8 Å². The van der Waals surface area contributed by atoms with Gasteiger partial charge in [0.25, 0.3) is 0 Å². The molecule has 0 fully saturated rings. The second-order valence-corrected chi connectivity index (χ2v) is 4.09. The van der Waals surface area contributed by atoms with Gasteiger partial charge in [0.15, 0.2) is 0 Å². The number of aromatic nitrogens is 2. The maximum atomic E-state index is 5.82. The second kappa shape index (κ2) is 3.24. The van der Waals surface area contributed by atoms with Crippen molar-refractivity contribution in [3.8, 4) is 0 Å². The lowest BCUT2D eigenvalue weighted by Crippen LogP contribution is -1.87. The minimum Gasteiger partial charge on any atom is -0.253 e. The largest absolute Gasteiger partial charge is 0.253 e. The molecule has 2 rings (SSSR count). The average molecular weight is 258 g/mol. The van der Waals surface area contributed by atoms with E-state index in [1.807, 2.05) is 19.1 Å². The van der Waals surface area contributed by atoms with Crippen LogP contribution >= 0.6 is 27.5 Å². The molecule has 4 heteroatoms. The molecule has 0 aliphatic heterocycles. The molecular formula is C9H6BrClN2. The third-order valence-electron chi connectivity index (χ3n) is 1.77. The highest BCUT2D eigenvalue weighted by molar-refractivity contribution is 9.10. The zero-order valence-electron chi connectivity index (χ0n) is 6.88. The van der Waals surface area contributed by atoms with Gasteiger partial charge in [-0.2, -0.15) is 0 Å². The average Bonchev–Trinajstić information content (AvgIpc) is 2.02. The summed E-state index contributed by atoms with van der Waals surface area (Å²) in [5.41, 5.74) is 2.76. The number of rotatable bonds is 0. The van der Waals surface area contributed by atoms with Gasteiger partial charge in [-0.1, -0.05) is 11.6 Å². The van der Waals surface area contributed by atoms with Crippen molar-refractivity contribution in [2.75, 3.05) is 0 Å². The third kappa shape index (κ3) is 1.67. The molecule has 2 aromatic heterocycles. The highest BCUT2D eigenvalue weighted by Crippen LogP contribution is 2.20. The van der Waals surface area contributed by atoms with Crippen LogP contribution in [0.25, 0.3) is 11.0 Å². The standard InChI is InChI=1S/C9H6BrClN2/c1-5-2-8(11)13-7-3-6(10)4-12-9(5)7/h2-4H,1H3. The minimum absolute atomic E-state index is 0.505. The van der Waals surface area contributed by atoms with Crippen molar-refractivity contribution < 1.29 is 0 Å². The number of fused-ring (bicyclic) bond motifs is 1. The maximum Gasteiger partial charge on any atom is 0.130 e. The Balaban J connectivity index is 2.86. The van der Waals surface area contributed by atoms with Gasteiger partial charge in [0.05, 0.1) is 11.0 Å². The first-order valence-corrected chi connectivity index (χ1v) is 4.92. The molecule has 0 aromatic carbocycles. The number of aryl methyl sites for hydroxylation is 1. The molecule has 0 N–H and O–H groups in total. The number of nitrogens with zero attached hydrogens (tertiary/aromatic N) is 2. The van der Waals surface area contributed by atoms with Crippen LogP contribution < -0.4 is 0 Å². The topological polar surface area (TPSA) is 25.8 Å². The van der Waals surface area contributed by atoms with Gasteiger partial charge in [-0.25, -0.2) is 4.98 Å². The van der Waals surface area contributed by atoms with E-state index in [0.29, 0.717) is 5.15 Å². The Morgan fingerprint density at radius 2 is 2.15 bits per heavy atom. The van der Waals surface area contributed by atoms with Crippen molar-refractivity contribution in [1.29, 1.82) is 0 Å². The first kappa shape index (κ1) is 8.91. The van der Waals surface area contributed by atoms with Gasteiger partial charge in [0, 0.05) is 10.7 Å². The fourth-order valence-electron chi connectivity index (χ4n) is 1.21. The van der Waals surface area contributed by atoms with Gasteiger partial charge in [-0.15, -0.1) is 0 Å². The summed E-state index contributed by atoms with van der Waals surface area (Å²) in [6.07, 6.45) is 1.75. The van der Waals surface area contributed by atoms with Crippen LogP contribution in [0, 0.1) is 6.92 Å². The molecule has 0 bridgehead atoms. The molecule has 2 aromatic rings. The summed E-state index contributed by atoms with van der Waals surface area (Å²) in [7, 11) is 0. The molecule has 2 nitrogen and oxygen atoms in total. The van der Waals surface area contributed by atoms with Gasteiger partial charge in [-0.05, 0) is 40.5 Å². The highest BCUT2D eigenvalue weighted by atomic mass is 79.9. The molecule has 0 amide bonds. The predicted octanol–water partition coefficient (Wildman–Crippen LogP) is 3.35. The molecule has 0 aliphatic carbocycles. The lowest BCUT2D eigenvalue weighted by atomic mass is 10.2. The molecule has 2 heterocycles. The summed E-state index contributed by atoms with van der Waals surface area (Å²) in [6, 6.07) is 3.71. The van der Waals surface area contributed by atoms with Crippen molar-refractivity contribution in [2.45, 2.75) is 6.92 Å². The van der Waals surface area contributed by atoms with Crippen molar-refractivity contribution in [1.82, 2.24) is 9.97 Å². The van der Waals surface area contributed by atoms with E-state index in [0.717, 1.165) is 21.1 Å². The summed E-state index contributed by atoms with van der Waals surface area (Å²) in [6.45, 7) is 1.97. The van der Waals surface area contributed by atoms with Crippen molar-refractivity contribution in [3.05, 3.63) is 33.5 Å². The van der Waals surface area contributed by atoms with E-state index >= 15 is 0 Å². The molecule has 13 heavy (non-hydrogen) atoms. The third-order valence-corrected chi connectivity index (χ3v) is 2.40. The molecule has 66 valence electrons. The molecule has 0 atom stereocenters. The van der Waals surface area contributed by atoms with E-state index in [9.17, 15) is 0 Å². The van der Waals surface area contributed by atoms with Crippen LogP contribution in [0.4, 0.5) is 0 Å². The monoisotopic (exact) mass is 256 g/mol. The molecule has 0 spiro atoms. The maximum absolute atomic E-state index is 5.82. The van der Waals surface area contributed by atoms with E-state index in [1.165, 1.54) is 0 Å². The van der Waals surface area contributed by atoms with Crippen molar-refractivity contribution >= 4 is 38.6 Å². The first-order valence-electron chi connectivity index (χ1n) is 3.75. The molecule has 0 saturated heterocycles. The van der Waals surface area contributed by atoms with E-state index in [4.69, 9.17) is 11.6 Å². The van der Waals surface area contributed by atoms with Gasteiger partial charge < -0.3 is 0 Å². The van der Waals surface area contributed by atoms with Gasteiger partial charge in [-0.3, -0.25) is 4.98 Å². The summed E-state index contributed by atoms with van der Waals surface area (Å²) in [5.74, 6) is 0. The molecular weight excluding hydrogens is 251 g/mol. The Morgan fingerprint density at radius 3 is 2.92 bits per heavy atom. The minimum atomic E-state index is 0.505. The van der Waals surface area contributed by atoms with E-state index in [1.54, 1.807) is 6.20 Å². The summed E-state index contributed by atoms with van der Waals surface area (Å²) >= 11 is 9.16. The van der Waals surface area contributed by atoms with Gasteiger partial charge >= 0.3 is 0 Å². The number of halogens is 2. The Labute approximate surface area is 89.1 Å². The molecule has 0 unspecified atom stereocenters. The van der Waals surface area contributed by atoms with Crippen molar-refractivity contribution in [2.24, 2.45) is 0 Å². The van der Waals surface area contributed by atoms with Crippen LogP contribution in [-0.4, -0.2) is 9.97 Å². The summed E-state index contributed by atoms with van der Waals surface area (Å²) in [5, 5.41) is 0.505. The normalized spacial score (nSPS) is 10.7. The quantitative estimate of drug-likeness (QED) is 0.676. The number of hydrogen-bond donors (Lipinski definition) is 0. The van der Waals surface area contributed by atoms with E-state index < -0.39 is 0 Å². The molecule has 0 aliphatic rings. The Morgan fingerprint density at radius 1 is 1.38 bits per heavy atom. The number of hydrogen-bond acceptors (Lipinski definition) is 2. The van der Waals surface area contributed by atoms with Crippen LogP contribution in [0.1, 0.15) is 5.56 Å². The lowest BCUT2D eigenvalue weighted by molar-refractivity contribution is 1.29. The molecule has 0 saturated carbocycles. The van der Waals surface area contributed by atoms with Crippen molar-refractivity contribution in [3.63, 3.8) is 0 Å². The summed E-state index contributed by atoms with van der Waals surface area (Å²) < 4.78 is 0.911. The van der Waals surface area contributed by atoms with Gasteiger partial charge in [0.1, 0.15) is 5.15 Å². The second-order valence-electron chi connectivity index (χ2n) is 2.78. The fourth-order valence-corrected chi connectivity index (χ4v) is 1.79. The lowest BCUT2D eigenvalue weighted by Gasteiger charge is -2.01. The van der Waals surface area contributed by atoms with E-state index in [2.05, 4.69) is 25.9 Å². The SMILES string of the molecule is Cc1cc(Cl)nc2cc(Br)cnc12. The predicted molar refractivity (Wildman–Crippen MR) is 57.0 cm³/mol. The van der Waals surface area contributed by atoms with E-state index in [-0.39, 0.29) is 0 Å². The zero-order chi connectivity index (χ0) is 9.42. The molecule has 0 radical (unpaired) electrons. The highest BCUT2D eigenvalue weighted by Gasteiger charge is 2.02. The van der Waals surface area contributed by atoms with Crippen LogP contribution in [-0.2, 0) is 0 Å². The van der Waals surface area contributed by atoms with Crippen LogP contribution in [0.3, 0.4) is 0 Å². The Kier molecular flexibility index (Phi) is 2.22. The van der Waals surface area contributed by atoms with Gasteiger partial charge in [0.2, 0.25) is 0 Å². The smallest absolute Gasteiger partial charge is 0.130 e. The summed E-state index contributed by atoms with van der Waals surface area (Å²) in [4.78, 5) is 8.42. The Bertz CT molecular complexity index is 465. The first-order chi connectivity index (χ1) is 6.16.